The van der Waals surface area contributed by atoms with Crippen LogP contribution in [0.3, 0.4) is 0 Å². The van der Waals surface area contributed by atoms with Gasteiger partial charge >= 0.3 is 0 Å². The number of rotatable bonds is 4. The van der Waals surface area contributed by atoms with Crippen LogP contribution in [0.15, 0.2) is 5.11 Å². The number of hydrogen-bond acceptors (Lipinski definition) is 3. The molecule has 0 aliphatic carbocycles. The van der Waals surface area contributed by atoms with Crippen molar-refractivity contribution in [2.75, 3.05) is 26.7 Å². The lowest BCUT2D eigenvalue weighted by molar-refractivity contribution is -0.125. The predicted octanol–water partition coefficient (Wildman–Crippen LogP) is 0.396. The van der Waals surface area contributed by atoms with Gasteiger partial charge in [-0.3, -0.25) is 15.1 Å². The van der Waals surface area contributed by atoms with Crippen molar-refractivity contribution >= 4 is 11.9 Å². The number of guanidine groups is 1. The minimum absolute atomic E-state index is 0.0709. The van der Waals surface area contributed by atoms with Gasteiger partial charge in [-0.2, -0.15) is 0 Å². The van der Waals surface area contributed by atoms with Crippen LogP contribution in [0.2, 0.25) is 0 Å². The van der Waals surface area contributed by atoms with Gasteiger partial charge in [0, 0.05) is 25.0 Å². The molecule has 0 aromatic heterocycles. The maximum atomic E-state index is 11.3. The molecule has 1 aliphatic rings. The molecule has 7 heteroatoms. The largest absolute Gasteiger partial charge is 0.336 e. The highest BCUT2D eigenvalue weighted by molar-refractivity contribution is 6.02. The Morgan fingerprint density at radius 2 is 2.43 bits per heavy atom. The standard InChI is InChI=1S/C7H12N6O/c1-12-5-6(14)13(7(12)8)4-2-3-10-11-9/h8H,2-5H2,1H3. The summed E-state index contributed by atoms with van der Waals surface area (Å²) in [5.74, 6) is 0.148. The Morgan fingerprint density at radius 1 is 1.71 bits per heavy atom. The fraction of sp³-hybridized carbons (Fsp3) is 0.714. The van der Waals surface area contributed by atoms with Crippen LogP contribution < -0.4 is 0 Å². The molecule has 1 fully saturated rings. The molecule has 0 aromatic carbocycles. The lowest BCUT2D eigenvalue weighted by Gasteiger charge is -2.15. The monoisotopic (exact) mass is 196 g/mol. The minimum atomic E-state index is -0.0709. The van der Waals surface area contributed by atoms with Crippen LogP contribution in [0.1, 0.15) is 6.42 Å². The molecular weight excluding hydrogens is 184 g/mol. The Kier molecular flexibility index (Phi) is 3.30. The second-order valence-electron chi connectivity index (χ2n) is 3.03. The Bertz CT molecular complexity index is 295. The van der Waals surface area contributed by atoms with Crippen molar-refractivity contribution in [2.45, 2.75) is 6.42 Å². The summed E-state index contributed by atoms with van der Waals surface area (Å²) in [6.45, 7) is 1.07. The first-order chi connectivity index (χ1) is 6.66. The number of likely N-dealkylation sites (N-methyl/N-ethyl adjacent to an activating group) is 1. The van der Waals surface area contributed by atoms with Gasteiger partial charge in [-0.25, -0.2) is 0 Å². The van der Waals surface area contributed by atoms with Crippen molar-refractivity contribution in [1.82, 2.24) is 9.80 Å². The average Bonchev–Trinajstić information content (AvgIpc) is 2.38. The molecule has 7 nitrogen and oxygen atoms in total. The average molecular weight is 196 g/mol. The van der Waals surface area contributed by atoms with E-state index in [2.05, 4.69) is 10.0 Å². The van der Waals surface area contributed by atoms with E-state index in [9.17, 15) is 4.79 Å². The van der Waals surface area contributed by atoms with Crippen LogP contribution in [0.25, 0.3) is 10.4 Å². The van der Waals surface area contributed by atoms with Crippen molar-refractivity contribution in [1.29, 1.82) is 5.41 Å². The molecular formula is C7H12N6O. The van der Waals surface area contributed by atoms with E-state index >= 15 is 0 Å². The molecule has 1 aliphatic heterocycles. The number of hydrogen-bond donors (Lipinski definition) is 1. The van der Waals surface area contributed by atoms with Gasteiger partial charge in [0.05, 0.1) is 6.54 Å². The van der Waals surface area contributed by atoms with E-state index in [1.54, 1.807) is 11.9 Å². The first-order valence-electron chi connectivity index (χ1n) is 4.27. The molecule has 0 unspecified atom stereocenters. The van der Waals surface area contributed by atoms with Crippen molar-refractivity contribution in [2.24, 2.45) is 5.11 Å². The molecule has 1 amide bonds. The summed E-state index contributed by atoms with van der Waals surface area (Å²) in [4.78, 5) is 16.9. The van der Waals surface area contributed by atoms with Crippen LogP contribution in [0.4, 0.5) is 0 Å². The molecule has 14 heavy (non-hydrogen) atoms. The molecule has 76 valence electrons. The summed E-state index contributed by atoms with van der Waals surface area (Å²) in [6, 6.07) is 0. The number of carbonyl (C=O) groups is 1. The maximum Gasteiger partial charge on any atom is 0.248 e. The molecule has 0 spiro atoms. The van der Waals surface area contributed by atoms with Gasteiger partial charge in [0.2, 0.25) is 11.9 Å². The van der Waals surface area contributed by atoms with Gasteiger partial charge in [0.15, 0.2) is 0 Å². The lowest BCUT2D eigenvalue weighted by Crippen LogP contribution is -2.33. The first kappa shape index (κ1) is 10.3. The van der Waals surface area contributed by atoms with E-state index in [0.29, 0.717) is 19.5 Å². The highest BCUT2D eigenvalue weighted by atomic mass is 16.2. The third-order valence-electron chi connectivity index (χ3n) is 1.99. The van der Waals surface area contributed by atoms with Gasteiger partial charge in [-0.15, -0.1) is 0 Å². The smallest absolute Gasteiger partial charge is 0.248 e. The highest BCUT2D eigenvalue weighted by Crippen LogP contribution is 2.06. The van der Waals surface area contributed by atoms with Crippen LogP contribution >= 0.6 is 0 Å². The van der Waals surface area contributed by atoms with Crippen LogP contribution in [-0.4, -0.2) is 48.3 Å². The van der Waals surface area contributed by atoms with E-state index in [4.69, 9.17) is 10.9 Å². The summed E-state index contributed by atoms with van der Waals surface area (Å²) in [6.07, 6.45) is 0.589. The van der Waals surface area contributed by atoms with Crippen molar-refractivity contribution in [3.05, 3.63) is 10.4 Å². The van der Waals surface area contributed by atoms with Crippen LogP contribution in [0, 0.1) is 5.41 Å². The van der Waals surface area contributed by atoms with Gasteiger partial charge in [0.25, 0.3) is 0 Å². The zero-order chi connectivity index (χ0) is 10.6. The molecule has 0 saturated carbocycles. The number of amides is 1. The normalized spacial score (nSPS) is 16.1. The highest BCUT2D eigenvalue weighted by Gasteiger charge is 2.29. The Morgan fingerprint density at radius 3 is 2.93 bits per heavy atom. The fourth-order valence-electron chi connectivity index (χ4n) is 1.26. The maximum absolute atomic E-state index is 11.3. The Hall–Kier alpha value is -1.75. The molecule has 1 heterocycles. The van der Waals surface area contributed by atoms with E-state index < -0.39 is 0 Å². The number of carbonyl (C=O) groups excluding carboxylic acids is 1. The molecule has 1 saturated heterocycles. The Balaban J connectivity index is 2.40. The second kappa shape index (κ2) is 4.48. The van der Waals surface area contributed by atoms with Gasteiger partial charge in [0.1, 0.15) is 0 Å². The SMILES string of the molecule is CN1CC(=O)N(CCCN=[N+]=[N-])C1=N. The molecule has 0 bridgehead atoms. The zero-order valence-corrected chi connectivity index (χ0v) is 7.97. The summed E-state index contributed by atoms with van der Waals surface area (Å²) < 4.78 is 0. The van der Waals surface area contributed by atoms with Gasteiger partial charge in [-0.1, -0.05) is 5.11 Å². The van der Waals surface area contributed by atoms with Gasteiger partial charge < -0.3 is 4.90 Å². The lowest BCUT2D eigenvalue weighted by atomic mass is 10.4. The minimum Gasteiger partial charge on any atom is -0.336 e. The summed E-state index contributed by atoms with van der Waals surface area (Å²) in [5, 5.41) is 10.9. The number of nitrogens with zero attached hydrogens (tertiary/aromatic N) is 5. The van der Waals surface area contributed by atoms with Crippen molar-refractivity contribution in [3.8, 4) is 0 Å². The first-order valence-corrected chi connectivity index (χ1v) is 4.27. The summed E-state index contributed by atoms with van der Waals surface area (Å²) in [7, 11) is 1.70. The molecule has 0 atom stereocenters. The van der Waals surface area contributed by atoms with E-state index in [0.717, 1.165) is 0 Å². The topological polar surface area (TPSA) is 96.2 Å². The van der Waals surface area contributed by atoms with Gasteiger partial charge in [-0.05, 0) is 12.0 Å². The van der Waals surface area contributed by atoms with Crippen LogP contribution in [0.5, 0.6) is 0 Å². The molecule has 1 N–H and O–H groups in total. The Labute approximate surface area is 81.4 Å². The molecule has 0 aromatic rings. The van der Waals surface area contributed by atoms with Crippen molar-refractivity contribution in [3.63, 3.8) is 0 Å². The second-order valence-corrected chi connectivity index (χ2v) is 3.03. The van der Waals surface area contributed by atoms with E-state index in [1.807, 2.05) is 0 Å². The third kappa shape index (κ3) is 2.14. The van der Waals surface area contributed by atoms with Crippen molar-refractivity contribution < 1.29 is 4.79 Å². The third-order valence-corrected chi connectivity index (χ3v) is 1.99. The molecule has 0 radical (unpaired) electrons. The predicted molar refractivity (Wildman–Crippen MR) is 50.7 cm³/mol. The zero-order valence-electron chi connectivity index (χ0n) is 7.97. The van der Waals surface area contributed by atoms with E-state index in [-0.39, 0.29) is 18.4 Å². The summed E-state index contributed by atoms with van der Waals surface area (Å²) >= 11 is 0. The number of azide groups is 1. The fourth-order valence-corrected chi connectivity index (χ4v) is 1.26. The van der Waals surface area contributed by atoms with Crippen LogP contribution in [-0.2, 0) is 4.79 Å². The summed E-state index contributed by atoms with van der Waals surface area (Å²) in [5.41, 5.74) is 8.03. The van der Waals surface area contributed by atoms with E-state index in [1.165, 1.54) is 4.90 Å². The molecule has 1 rings (SSSR count). The number of nitrogens with one attached hydrogen (secondary N) is 1. The quantitative estimate of drug-likeness (QED) is 0.304.